The highest BCUT2D eigenvalue weighted by atomic mass is 35.5. The van der Waals surface area contributed by atoms with E-state index in [-0.39, 0.29) is 29.0 Å². The highest BCUT2D eigenvalue weighted by molar-refractivity contribution is 6.29. The third kappa shape index (κ3) is 5.11. The molecule has 8 heteroatoms. The zero-order chi connectivity index (χ0) is 14.3. The second-order valence-corrected chi connectivity index (χ2v) is 4.13. The van der Waals surface area contributed by atoms with Crippen molar-refractivity contribution >= 4 is 29.2 Å². The van der Waals surface area contributed by atoms with Crippen molar-refractivity contribution in [3.05, 3.63) is 22.8 Å². The molecular weight excluding hydrogens is 270 g/mol. The number of nitrogens with one attached hydrogen (secondary N) is 3. The molecule has 2 amide bonds. The molecule has 0 fully saturated rings. The van der Waals surface area contributed by atoms with Gasteiger partial charge >= 0.3 is 0 Å². The number of carbonyl (C=O) groups excluding carboxylic acids is 2. The topological polar surface area (TPSA) is 109 Å². The number of hydrogen-bond donors (Lipinski definition) is 4. The number of hydrogen-bond acceptors (Lipinski definition) is 5. The fourth-order valence-electron chi connectivity index (χ4n) is 1.29. The van der Waals surface area contributed by atoms with Crippen LogP contribution in [-0.4, -0.2) is 29.9 Å². The Labute approximate surface area is 115 Å². The summed E-state index contributed by atoms with van der Waals surface area (Å²) in [5.41, 5.74) is 2.58. The first-order valence-electron chi connectivity index (χ1n) is 5.76. The van der Waals surface area contributed by atoms with Gasteiger partial charge in [0.25, 0.3) is 5.91 Å². The number of nitrogens with zero attached hydrogens (tertiary/aromatic N) is 1. The van der Waals surface area contributed by atoms with Gasteiger partial charge in [-0.2, -0.15) is 0 Å². The summed E-state index contributed by atoms with van der Waals surface area (Å²) < 4.78 is 0. The second kappa shape index (κ2) is 7.55. The van der Waals surface area contributed by atoms with Gasteiger partial charge in [0.1, 0.15) is 11.0 Å². The van der Waals surface area contributed by atoms with E-state index in [1.807, 2.05) is 6.92 Å². The molecule has 5 N–H and O–H groups in total. The fourth-order valence-corrected chi connectivity index (χ4v) is 1.50. The summed E-state index contributed by atoms with van der Waals surface area (Å²) >= 11 is 5.74. The van der Waals surface area contributed by atoms with Gasteiger partial charge in [0.2, 0.25) is 5.91 Å². The largest absolute Gasteiger partial charge is 0.355 e. The number of pyridine rings is 1. The Balaban J connectivity index is 2.58. The van der Waals surface area contributed by atoms with Gasteiger partial charge in [0, 0.05) is 12.1 Å². The first kappa shape index (κ1) is 15.2. The number of nitrogen functional groups attached to an aromatic ring is 1. The summed E-state index contributed by atoms with van der Waals surface area (Å²) in [6, 6.07) is 2.83. The lowest BCUT2D eigenvalue weighted by Crippen LogP contribution is -2.37. The molecule has 1 heterocycles. The Hall–Kier alpha value is -1.86. The van der Waals surface area contributed by atoms with Crippen molar-refractivity contribution in [2.75, 3.05) is 18.5 Å². The number of carbonyl (C=O) groups is 2. The normalized spacial score (nSPS) is 9.84. The van der Waals surface area contributed by atoms with E-state index in [4.69, 9.17) is 17.4 Å². The average molecular weight is 286 g/mol. The van der Waals surface area contributed by atoms with Gasteiger partial charge < -0.3 is 16.1 Å². The van der Waals surface area contributed by atoms with Gasteiger partial charge in [-0.3, -0.25) is 9.59 Å². The van der Waals surface area contributed by atoms with Crippen LogP contribution < -0.4 is 21.9 Å². The van der Waals surface area contributed by atoms with Crippen molar-refractivity contribution in [3.63, 3.8) is 0 Å². The van der Waals surface area contributed by atoms with Gasteiger partial charge in [-0.1, -0.05) is 18.5 Å². The van der Waals surface area contributed by atoms with E-state index in [1.165, 1.54) is 12.1 Å². The Morgan fingerprint density at radius 1 is 1.37 bits per heavy atom. The van der Waals surface area contributed by atoms with E-state index in [9.17, 15) is 9.59 Å². The van der Waals surface area contributed by atoms with Crippen LogP contribution in [0.3, 0.4) is 0 Å². The standard InChI is InChI=1S/C11H16ClN5O2/c1-2-3-14-10(18)6-15-11(19)7-4-8(12)16-9(5-7)17-13/h4-5H,2-3,6,13H2,1H3,(H,14,18)(H,15,19)(H,16,17). The number of aromatic nitrogens is 1. The van der Waals surface area contributed by atoms with Gasteiger partial charge in [0.05, 0.1) is 6.54 Å². The van der Waals surface area contributed by atoms with Gasteiger partial charge in [-0.05, 0) is 18.6 Å². The summed E-state index contributed by atoms with van der Waals surface area (Å²) in [4.78, 5) is 27.0. The number of rotatable bonds is 6. The minimum Gasteiger partial charge on any atom is -0.355 e. The van der Waals surface area contributed by atoms with Crippen LogP contribution in [-0.2, 0) is 4.79 Å². The molecule has 1 rings (SSSR count). The number of nitrogens with two attached hydrogens (primary N) is 1. The lowest BCUT2D eigenvalue weighted by Gasteiger charge is -2.07. The van der Waals surface area contributed by atoms with Crippen LogP contribution in [0.4, 0.5) is 5.82 Å². The van der Waals surface area contributed by atoms with E-state index in [2.05, 4.69) is 21.0 Å². The number of anilines is 1. The molecule has 0 unspecified atom stereocenters. The monoisotopic (exact) mass is 285 g/mol. The van der Waals surface area contributed by atoms with Crippen molar-refractivity contribution in [3.8, 4) is 0 Å². The third-order valence-corrected chi connectivity index (χ3v) is 2.38. The Morgan fingerprint density at radius 3 is 2.74 bits per heavy atom. The van der Waals surface area contributed by atoms with Gasteiger partial charge in [-0.15, -0.1) is 0 Å². The maximum Gasteiger partial charge on any atom is 0.251 e. The van der Waals surface area contributed by atoms with Crippen molar-refractivity contribution < 1.29 is 9.59 Å². The molecule has 0 atom stereocenters. The maximum absolute atomic E-state index is 11.8. The molecule has 0 radical (unpaired) electrons. The molecule has 0 aliphatic carbocycles. The smallest absolute Gasteiger partial charge is 0.251 e. The molecule has 0 aromatic carbocycles. The summed E-state index contributed by atoms with van der Waals surface area (Å²) in [5.74, 6) is 4.80. The Bertz CT molecular complexity index is 466. The number of halogens is 1. The summed E-state index contributed by atoms with van der Waals surface area (Å²) in [5, 5.41) is 5.26. The minimum atomic E-state index is -0.424. The predicted molar refractivity (Wildman–Crippen MR) is 72.7 cm³/mol. The molecule has 0 spiro atoms. The summed E-state index contributed by atoms with van der Waals surface area (Å²) in [6.45, 7) is 2.43. The zero-order valence-electron chi connectivity index (χ0n) is 10.5. The number of amides is 2. The summed E-state index contributed by atoms with van der Waals surface area (Å²) in [7, 11) is 0. The average Bonchev–Trinajstić information content (AvgIpc) is 2.41. The SMILES string of the molecule is CCCNC(=O)CNC(=O)c1cc(Cl)nc(NN)c1. The molecule has 104 valence electrons. The molecule has 7 nitrogen and oxygen atoms in total. The minimum absolute atomic E-state index is 0.0931. The quantitative estimate of drug-likeness (QED) is 0.341. The molecule has 0 aliphatic heterocycles. The highest BCUT2D eigenvalue weighted by Gasteiger charge is 2.10. The van der Waals surface area contributed by atoms with Crippen molar-refractivity contribution in [2.24, 2.45) is 5.84 Å². The van der Waals surface area contributed by atoms with E-state index >= 15 is 0 Å². The molecule has 19 heavy (non-hydrogen) atoms. The third-order valence-electron chi connectivity index (χ3n) is 2.19. The first-order valence-corrected chi connectivity index (χ1v) is 6.13. The lowest BCUT2D eigenvalue weighted by atomic mass is 10.2. The zero-order valence-corrected chi connectivity index (χ0v) is 11.3. The van der Waals surface area contributed by atoms with Crippen LogP contribution in [0.5, 0.6) is 0 Å². The Morgan fingerprint density at radius 2 is 2.11 bits per heavy atom. The molecule has 0 bridgehead atoms. The molecule has 1 aromatic heterocycles. The summed E-state index contributed by atoms with van der Waals surface area (Å²) in [6.07, 6.45) is 0.838. The molecule has 0 saturated carbocycles. The van der Waals surface area contributed by atoms with E-state index in [0.717, 1.165) is 6.42 Å². The molecule has 0 saturated heterocycles. The van der Waals surface area contributed by atoms with Crippen molar-refractivity contribution in [2.45, 2.75) is 13.3 Å². The van der Waals surface area contributed by atoms with Gasteiger partial charge in [0.15, 0.2) is 0 Å². The molecule has 0 aliphatic rings. The molecular formula is C11H16ClN5O2. The van der Waals surface area contributed by atoms with Crippen LogP contribution in [0, 0.1) is 0 Å². The van der Waals surface area contributed by atoms with Crippen molar-refractivity contribution in [1.29, 1.82) is 0 Å². The van der Waals surface area contributed by atoms with E-state index in [0.29, 0.717) is 6.54 Å². The number of hydrazine groups is 1. The van der Waals surface area contributed by atoms with Gasteiger partial charge in [-0.25, -0.2) is 10.8 Å². The second-order valence-electron chi connectivity index (χ2n) is 3.74. The van der Waals surface area contributed by atoms with Crippen LogP contribution >= 0.6 is 11.6 Å². The van der Waals surface area contributed by atoms with Crippen LogP contribution in [0.25, 0.3) is 0 Å². The Kier molecular flexibility index (Phi) is 6.04. The first-order chi connectivity index (χ1) is 9.06. The van der Waals surface area contributed by atoms with E-state index in [1.54, 1.807) is 0 Å². The van der Waals surface area contributed by atoms with Crippen LogP contribution in [0.2, 0.25) is 5.15 Å². The molecule has 1 aromatic rings. The van der Waals surface area contributed by atoms with Crippen molar-refractivity contribution in [1.82, 2.24) is 15.6 Å². The van der Waals surface area contributed by atoms with Crippen LogP contribution in [0.1, 0.15) is 23.7 Å². The van der Waals surface area contributed by atoms with E-state index < -0.39 is 5.91 Å². The van der Waals surface area contributed by atoms with Crippen LogP contribution in [0.15, 0.2) is 12.1 Å². The maximum atomic E-state index is 11.8. The predicted octanol–water partition coefficient (Wildman–Crippen LogP) is 0.277. The lowest BCUT2D eigenvalue weighted by molar-refractivity contribution is -0.120. The highest BCUT2D eigenvalue weighted by Crippen LogP contribution is 2.13. The fraction of sp³-hybridized carbons (Fsp3) is 0.364.